The molecule has 1 fully saturated rings. The highest BCUT2D eigenvalue weighted by Crippen LogP contribution is 2.54. The number of hydrogen-bond acceptors (Lipinski definition) is 4. The maximum absolute atomic E-state index is 14.3. The first-order valence-corrected chi connectivity index (χ1v) is 13.9. The van der Waals surface area contributed by atoms with E-state index in [1.54, 1.807) is 0 Å². The van der Waals surface area contributed by atoms with E-state index >= 15 is 0 Å². The first-order chi connectivity index (χ1) is 19.5. The third-order valence-electron chi connectivity index (χ3n) is 7.51. The van der Waals surface area contributed by atoms with Crippen LogP contribution in [0.15, 0.2) is 71.6 Å². The number of rotatable bonds is 7. The molecule has 14 heteroatoms. The van der Waals surface area contributed by atoms with Crippen molar-refractivity contribution in [3.63, 3.8) is 0 Å². The normalized spacial score (nSPS) is 20.5. The Balaban J connectivity index is 1.84. The summed E-state index contributed by atoms with van der Waals surface area (Å²) in [4.78, 5) is -0.334. The van der Waals surface area contributed by atoms with Gasteiger partial charge in [0.05, 0.1) is 17.6 Å². The molecule has 3 aromatic carbocycles. The van der Waals surface area contributed by atoms with Crippen molar-refractivity contribution in [3.8, 4) is 0 Å². The zero-order valence-corrected chi connectivity index (χ0v) is 22.3. The number of aliphatic hydroxyl groups excluding tert-OH is 1. The largest absolute Gasteiger partial charge is 0.430 e. The standard InChI is InChI=1S/C28H23F9O4S/c29-19-8-10-21(11-9-19)42(39,40)25(14-12-20(38)13-15-25)17-4-6-18(7-5-17)26(27(32,33)34,28(35,36)37)41-16-22-23(30)2-1-3-24(22)31/h1-11,20,38H,12-16H2. The van der Waals surface area contributed by atoms with Crippen molar-refractivity contribution >= 4 is 9.84 Å². The van der Waals surface area contributed by atoms with Gasteiger partial charge in [0.15, 0.2) is 9.84 Å². The summed E-state index contributed by atoms with van der Waals surface area (Å²) >= 11 is 0. The van der Waals surface area contributed by atoms with E-state index in [4.69, 9.17) is 0 Å². The van der Waals surface area contributed by atoms with Gasteiger partial charge in [-0.3, -0.25) is 0 Å². The Hall–Kier alpha value is -3.10. The first kappa shape index (κ1) is 31.8. The fourth-order valence-electron chi connectivity index (χ4n) is 5.22. The number of aliphatic hydroxyl groups is 1. The Kier molecular flexibility index (Phi) is 8.48. The molecule has 0 aliphatic heterocycles. The minimum atomic E-state index is -6.18. The molecule has 3 aromatic rings. The van der Waals surface area contributed by atoms with E-state index in [1.165, 1.54) is 0 Å². The topological polar surface area (TPSA) is 63.6 Å². The molecule has 0 atom stereocenters. The van der Waals surface area contributed by atoms with Gasteiger partial charge in [-0.1, -0.05) is 30.3 Å². The monoisotopic (exact) mass is 626 g/mol. The highest BCUT2D eigenvalue weighted by atomic mass is 32.2. The number of benzene rings is 3. The molecule has 0 spiro atoms. The summed E-state index contributed by atoms with van der Waals surface area (Å²) in [5.41, 5.74) is -7.87. The SMILES string of the molecule is O=S(=O)(c1ccc(F)cc1)C1(c2ccc(C(OCc3c(F)cccc3F)(C(F)(F)F)C(F)(F)F)cc2)CCC(O)CC1. The van der Waals surface area contributed by atoms with Crippen molar-refractivity contribution in [2.24, 2.45) is 0 Å². The molecule has 42 heavy (non-hydrogen) atoms. The quantitative estimate of drug-likeness (QED) is 0.222. The van der Waals surface area contributed by atoms with E-state index in [1.807, 2.05) is 0 Å². The van der Waals surface area contributed by atoms with Crippen LogP contribution in [0.4, 0.5) is 39.5 Å². The van der Waals surface area contributed by atoms with E-state index in [0.717, 1.165) is 42.5 Å². The molecule has 1 aliphatic rings. The highest BCUT2D eigenvalue weighted by Gasteiger charge is 2.73. The van der Waals surface area contributed by atoms with Gasteiger partial charge in [-0.15, -0.1) is 0 Å². The zero-order valence-electron chi connectivity index (χ0n) is 21.4. The Labute approximate surface area is 234 Å². The molecule has 228 valence electrons. The van der Waals surface area contributed by atoms with E-state index in [9.17, 15) is 53.0 Å². The number of hydrogen-bond donors (Lipinski definition) is 1. The lowest BCUT2D eigenvalue weighted by Gasteiger charge is -2.40. The molecular weight excluding hydrogens is 603 g/mol. The van der Waals surface area contributed by atoms with Crippen molar-refractivity contribution in [3.05, 3.63) is 101 Å². The second kappa shape index (κ2) is 11.2. The third kappa shape index (κ3) is 5.39. The van der Waals surface area contributed by atoms with Crippen molar-refractivity contribution in [1.29, 1.82) is 0 Å². The smallest absolute Gasteiger partial charge is 0.393 e. The molecule has 0 radical (unpaired) electrons. The van der Waals surface area contributed by atoms with Gasteiger partial charge in [-0.2, -0.15) is 26.3 Å². The highest BCUT2D eigenvalue weighted by molar-refractivity contribution is 7.92. The van der Waals surface area contributed by atoms with Gasteiger partial charge in [-0.25, -0.2) is 21.6 Å². The van der Waals surface area contributed by atoms with Crippen LogP contribution in [0, 0.1) is 17.5 Å². The van der Waals surface area contributed by atoms with Gasteiger partial charge in [0, 0.05) is 11.1 Å². The first-order valence-electron chi connectivity index (χ1n) is 12.5. The summed E-state index contributed by atoms with van der Waals surface area (Å²) in [6.45, 7) is -1.74. The van der Waals surface area contributed by atoms with Crippen LogP contribution in [0.2, 0.25) is 0 Å². The van der Waals surface area contributed by atoms with Crippen LogP contribution in [-0.4, -0.2) is 32.0 Å². The molecule has 1 N–H and O–H groups in total. The summed E-state index contributed by atoms with van der Waals surface area (Å²) in [6.07, 6.45) is -13.8. The Morgan fingerprint density at radius 3 is 1.76 bits per heavy atom. The van der Waals surface area contributed by atoms with Gasteiger partial charge >= 0.3 is 12.4 Å². The van der Waals surface area contributed by atoms with Crippen molar-refractivity contribution in [2.45, 2.75) is 66.0 Å². The van der Waals surface area contributed by atoms with Crippen molar-refractivity contribution in [1.82, 2.24) is 0 Å². The summed E-state index contributed by atoms with van der Waals surface area (Å²) in [5.74, 6) is -3.58. The Morgan fingerprint density at radius 2 is 1.29 bits per heavy atom. The Morgan fingerprint density at radius 1 is 0.786 bits per heavy atom. The van der Waals surface area contributed by atoms with Gasteiger partial charge in [0.2, 0.25) is 0 Å². The second-order valence-electron chi connectivity index (χ2n) is 9.93. The summed E-state index contributed by atoms with van der Waals surface area (Å²) in [6, 6.07) is 8.27. The van der Waals surface area contributed by atoms with Crippen molar-refractivity contribution < 1.29 is 57.8 Å². The van der Waals surface area contributed by atoms with Crippen LogP contribution in [0.1, 0.15) is 42.4 Å². The predicted octanol–water partition coefficient (Wildman–Crippen LogP) is 7.24. The summed E-state index contributed by atoms with van der Waals surface area (Å²) < 4.78 is 157. The van der Waals surface area contributed by atoms with Gasteiger partial charge < -0.3 is 9.84 Å². The minimum Gasteiger partial charge on any atom is -0.393 e. The van der Waals surface area contributed by atoms with Crippen LogP contribution in [0.25, 0.3) is 0 Å². The summed E-state index contributed by atoms with van der Waals surface area (Å²) in [5, 5.41) is 10.0. The van der Waals surface area contributed by atoms with Crippen LogP contribution in [-0.2, 0) is 31.5 Å². The number of halogens is 9. The lowest BCUT2D eigenvalue weighted by molar-refractivity contribution is -0.392. The van der Waals surface area contributed by atoms with Crippen LogP contribution in [0.5, 0.6) is 0 Å². The summed E-state index contributed by atoms with van der Waals surface area (Å²) in [7, 11) is -4.41. The molecule has 0 saturated heterocycles. The number of alkyl halides is 6. The zero-order chi connectivity index (χ0) is 31.1. The maximum atomic E-state index is 14.3. The molecule has 4 nitrogen and oxygen atoms in total. The number of ether oxygens (including phenoxy) is 1. The van der Waals surface area contributed by atoms with Gasteiger partial charge in [0.25, 0.3) is 5.60 Å². The fourth-order valence-corrected chi connectivity index (χ4v) is 7.38. The van der Waals surface area contributed by atoms with E-state index < -0.39 is 73.8 Å². The lowest BCUT2D eigenvalue weighted by atomic mass is 9.80. The lowest BCUT2D eigenvalue weighted by Crippen LogP contribution is -2.56. The Bertz CT molecular complexity index is 1470. The van der Waals surface area contributed by atoms with Crippen LogP contribution < -0.4 is 0 Å². The molecule has 1 aliphatic carbocycles. The molecule has 1 saturated carbocycles. The van der Waals surface area contributed by atoms with E-state index in [0.29, 0.717) is 24.3 Å². The van der Waals surface area contributed by atoms with Crippen LogP contribution in [0.3, 0.4) is 0 Å². The fraction of sp³-hybridized carbons (Fsp3) is 0.357. The molecule has 0 heterocycles. The molecule has 0 unspecified atom stereocenters. The maximum Gasteiger partial charge on any atom is 0.430 e. The molecule has 4 rings (SSSR count). The predicted molar refractivity (Wildman–Crippen MR) is 131 cm³/mol. The minimum absolute atomic E-state index is 0.0471. The van der Waals surface area contributed by atoms with Gasteiger partial charge in [0.1, 0.15) is 22.2 Å². The van der Waals surface area contributed by atoms with E-state index in [2.05, 4.69) is 4.74 Å². The average Bonchev–Trinajstić information content (AvgIpc) is 2.90. The van der Waals surface area contributed by atoms with E-state index in [-0.39, 0.29) is 36.1 Å². The van der Waals surface area contributed by atoms with Gasteiger partial charge in [-0.05, 0) is 67.6 Å². The third-order valence-corrected chi connectivity index (χ3v) is 10.1. The van der Waals surface area contributed by atoms with Crippen LogP contribution >= 0.6 is 0 Å². The molecule has 0 aromatic heterocycles. The number of sulfone groups is 1. The van der Waals surface area contributed by atoms with Crippen molar-refractivity contribution in [2.75, 3.05) is 0 Å². The average molecular weight is 627 g/mol. The molecule has 0 amide bonds. The second-order valence-corrected chi connectivity index (χ2v) is 12.2. The molecular formula is C28H23F9O4S. The molecule has 0 bridgehead atoms.